The molecule has 4 N–H and O–H groups in total. The second-order valence-corrected chi connectivity index (χ2v) is 9.85. The number of aryl methyl sites for hydroxylation is 1. The Hall–Kier alpha value is -3.87. The number of alkyl halides is 3. The molecule has 36 heavy (non-hydrogen) atoms. The van der Waals surface area contributed by atoms with Gasteiger partial charge in [-0.2, -0.15) is 13.2 Å². The van der Waals surface area contributed by atoms with Gasteiger partial charge in [0.05, 0.1) is 23.1 Å². The number of nitrogens with two attached hydrogens (primary N) is 1. The number of carbonyl (C=O) groups is 1. The molecule has 1 aromatic carbocycles. The van der Waals surface area contributed by atoms with Gasteiger partial charge in [0.15, 0.2) is 0 Å². The molecule has 0 spiro atoms. The Kier molecular flexibility index (Phi) is 7.43. The molecule has 1 aliphatic rings. The molecule has 1 aliphatic heterocycles. The van der Waals surface area contributed by atoms with Gasteiger partial charge in [-0.1, -0.05) is 18.7 Å². The van der Waals surface area contributed by atoms with Crippen LogP contribution in [-0.2, 0) is 26.7 Å². The third kappa shape index (κ3) is 5.67. The Morgan fingerprint density at radius 2 is 1.83 bits per heavy atom. The molecule has 192 valence electrons. The van der Waals surface area contributed by atoms with Gasteiger partial charge in [-0.15, -0.1) is 0 Å². The van der Waals surface area contributed by atoms with Crippen LogP contribution in [-0.4, -0.2) is 37.8 Å². The molecule has 2 heterocycles. The summed E-state index contributed by atoms with van der Waals surface area (Å²) in [6.07, 6.45) is -4.07. The zero-order valence-electron chi connectivity index (χ0n) is 19.4. The average Bonchev–Trinajstić information content (AvgIpc) is 2.78. The maximum atomic E-state index is 13.4. The number of aliphatic imine (C=N–C) groups is 1. The Bertz CT molecular complexity index is 1430. The van der Waals surface area contributed by atoms with Crippen LogP contribution in [0.4, 0.5) is 18.9 Å². The van der Waals surface area contributed by atoms with Crippen molar-refractivity contribution in [2.75, 3.05) is 11.3 Å². The van der Waals surface area contributed by atoms with E-state index in [9.17, 15) is 31.2 Å². The van der Waals surface area contributed by atoms with Crippen LogP contribution in [0.2, 0.25) is 0 Å². The highest BCUT2D eigenvalue weighted by Gasteiger charge is 2.30. The fraction of sp³-hybridized carbons (Fsp3) is 0.261. The molecule has 1 unspecified atom stereocenters. The highest BCUT2D eigenvalue weighted by molar-refractivity contribution is 7.91. The molecule has 9 nitrogen and oxygen atoms in total. The number of benzene rings is 1. The van der Waals surface area contributed by atoms with Gasteiger partial charge in [0.25, 0.3) is 5.56 Å². The summed E-state index contributed by atoms with van der Waals surface area (Å²) in [7, 11) is -4.18. The van der Waals surface area contributed by atoms with Crippen molar-refractivity contribution in [3.05, 3.63) is 81.3 Å². The van der Waals surface area contributed by atoms with Crippen molar-refractivity contribution in [1.29, 1.82) is 0 Å². The van der Waals surface area contributed by atoms with E-state index >= 15 is 0 Å². The van der Waals surface area contributed by atoms with Gasteiger partial charge in [-0.25, -0.2) is 8.42 Å². The van der Waals surface area contributed by atoms with Crippen LogP contribution in [0.25, 0.3) is 5.70 Å². The first kappa shape index (κ1) is 26.7. The third-order valence-corrected chi connectivity index (χ3v) is 6.76. The lowest BCUT2D eigenvalue weighted by atomic mass is 9.95. The molecule has 0 saturated carbocycles. The van der Waals surface area contributed by atoms with E-state index in [0.29, 0.717) is 23.3 Å². The van der Waals surface area contributed by atoms with Gasteiger partial charge in [-0.05, 0) is 49.2 Å². The van der Waals surface area contributed by atoms with Crippen LogP contribution in [0.1, 0.15) is 23.7 Å². The van der Waals surface area contributed by atoms with E-state index in [1.165, 1.54) is 16.7 Å². The molecule has 0 saturated heterocycles. The SMILES string of the molecule is C=C1C(CNC=O)=C(n2c(C)ccc(NS(=O)(=O)Cc3ccc(C(F)(F)F)cc3)c2=O)C(N)=NC1C. The number of halogens is 3. The van der Waals surface area contributed by atoms with Crippen LogP contribution < -0.4 is 21.3 Å². The van der Waals surface area contributed by atoms with Gasteiger partial charge < -0.3 is 11.1 Å². The van der Waals surface area contributed by atoms with Crippen LogP contribution >= 0.6 is 0 Å². The number of carbonyl (C=O) groups excluding carboxylic acids is 1. The van der Waals surface area contributed by atoms with Crippen LogP contribution in [0.15, 0.2) is 63.9 Å². The minimum atomic E-state index is -4.55. The number of pyridine rings is 1. The quantitative estimate of drug-likeness (QED) is 0.457. The molecular weight excluding hydrogens is 499 g/mol. The Morgan fingerprint density at radius 1 is 1.19 bits per heavy atom. The van der Waals surface area contributed by atoms with Gasteiger partial charge in [0.2, 0.25) is 16.4 Å². The van der Waals surface area contributed by atoms with Crippen molar-refractivity contribution in [2.24, 2.45) is 10.7 Å². The Labute approximate surface area is 205 Å². The van der Waals surface area contributed by atoms with E-state index in [1.54, 1.807) is 13.8 Å². The minimum Gasteiger partial charge on any atom is -0.382 e. The van der Waals surface area contributed by atoms with E-state index in [-0.39, 0.29) is 29.3 Å². The van der Waals surface area contributed by atoms with Gasteiger partial charge >= 0.3 is 6.18 Å². The lowest BCUT2D eigenvalue weighted by Crippen LogP contribution is -2.37. The molecule has 13 heteroatoms. The molecule has 0 radical (unpaired) electrons. The molecular formula is C23H24F3N5O4S. The number of amides is 1. The van der Waals surface area contributed by atoms with Gasteiger partial charge in [0.1, 0.15) is 11.5 Å². The van der Waals surface area contributed by atoms with Crippen molar-refractivity contribution in [1.82, 2.24) is 9.88 Å². The fourth-order valence-corrected chi connectivity index (χ4v) is 4.89. The van der Waals surface area contributed by atoms with E-state index in [1.807, 2.05) is 0 Å². The zero-order valence-corrected chi connectivity index (χ0v) is 20.2. The van der Waals surface area contributed by atoms with Crippen molar-refractivity contribution < 1.29 is 26.4 Å². The van der Waals surface area contributed by atoms with Crippen LogP contribution in [0.5, 0.6) is 0 Å². The van der Waals surface area contributed by atoms with Gasteiger partial charge in [-0.3, -0.25) is 23.9 Å². The highest BCUT2D eigenvalue weighted by Crippen LogP contribution is 2.30. The standard InChI is InChI=1S/C23H24F3N5O4S/c1-13-4-9-19(30-36(34,35)11-16-5-7-17(8-6-16)23(24,25)26)22(33)31(13)20-18(10-28-12-32)14(2)15(3)29-21(20)27/h4-9,12,15,30H,2,10-11H2,1,3H3,(H2,27,29)(H,28,32). The molecule has 1 aromatic heterocycles. The monoisotopic (exact) mass is 523 g/mol. The van der Waals surface area contributed by atoms with Crippen molar-refractivity contribution in [3.8, 4) is 0 Å². The summed E-state index contributed by atoms with van der Waals surface area (Å²) in [6, 6.07) is 6.03. The summed E-state index contributed by atoms with van der Waals surface area (Å²) in [5.74, 6) is -0.652. The smallest absolute Gasteiger partial charge is 0.382 e. The summed E-state index contributed by atoms with van der Waals surface area (Å²) in [4.78, 5) is 28.6. The van der Waals surface area contributed by atoms with Crippen molar-refractivity contribution in [2.45, 2.75) is 31.8 Å². The topological polar surface area (TPSA) is 136 Å². The number of aromatic nitrogens is 1. The molecule has 0 bridgehead atoms. The molecule has 3 rings (SSSR count). The third-order valence-electron chi connectivity index (χ3n) is 5.52. The van der Waals surface area contributed by atoms with Gasteiger partial charge in [0, 0.05) is 17.8 Å². The highest BCUT2D eigenvalue weighted by atomic mass is 32.2. The second kappa shape index (κ2) is 10.0. The molecule has 1 atom stereocenters. The number of anilines is 1. The van der Waals surface area contributed by atoms with E-state index in [0.717, 1.165) is 24.3 Å². The normalized spacial score (nSPS) is 16.5. The second-order valence-electron chi connectivity index (χ2n) is 8.13. The minimum absolute atomic E-state index is 0.00700. The Balaban J connectivity index is 2.00. The summed E-state index contributed by atoms with van der Waals surface area (Å²) in [5, 5.41) is 2.51. The number of nitrogens with one attached hydrogen (secondary N) is 2. The lowest BCUT2D eigenvalue weighted by molar-refractivity contribution is -0.137. The largest absolute Gasteiger partial charge is 0.416 e. The lowest BCUT2D eigenvalue weighted by Gasteiger charge is -2.27. The fourth-order valence-electron chi connectivity index (χ4n) is 3.70. The van der Waals surface area contributed by atoms with E-state index in [4.69, 9.17) is 5.73 Å². The van der Waals surface area contributed by atoms with E-state index < -0.39 is 39.1 Å². The van der Waals surface area contributed by atoms with Crippen LogP contribution in [0, 0.1) is 6.92 Å². The number of sulfonamides is 1. The first-order valence-corrected chi connectivity index (χ1v) is 12.2. The predicted octanol–water partition coefficient (Wildman–Crippen LogP) is 2.39. The molecule has 0 fully saturated rings. The number of nitrogens with zero attached hydrogens (tertiary/aromatic N) is 2. The summed E-state index contributed by atoms with van der Waals surface area (Å²) >= 11 is 0. The Morgan fingerprint density at radius 3 is 2.42 bits per heavy atom. The van der Waals surface area contributed by atoms with Crippen molar-refractivity contribution >= 4 is 33.7 Å². The molecule has 1 amide bonds. The predicted molar refractivity (Wildman–Crippen MR) is 131 cm³/mol. The maximum absolute atomic E-state index is 13.4. The first-order chi connectivity index (χ1) is 16.7. The van der Waals surface area contributed by atoms with Crippen molar-refractivity contribution in [3.63, 3.8) is 0 Å². The van der Waals surface area contributed by atoms with Crippen LogP contribution in [0.3, 0.4) is 0 Å². The molecule has 2 aromatic rings. The molecule has 0 aliphatic carbocycles. The first-order valence-electron chi connectivity index (χ1n) is 10.6. The number of dihydropyridines is 1. The summed E-state index contributed by atoms with van der Waals surface area (Å²) in [5.41, 5.74) is 5.82. The number of hydrogen-bond donors (Lipinski definition) is 3. The van der Waals surface area contributed by atoms with E-state index in [2.05, 4.69) is 21.6 Å². The number of rotatable bonds is 8. The zero-order chi connectivity index (χ0) is 26.8. The maximum Gasteiger partial charge on any atom is 0.416 e. The summed E-state index contributed by atoms with van der Waals surface area (Å²) < 4.78 is 67.1. The number of amidine groups is 1. The average molecular weight is 524 g/mol. The number of hydrogen-bond acceptors (Lipinski definition) is 6. The summed E-state index contributed by atoms with van der Waals surface area (Å²) in [6.45, 7) is 7.33.